The summed E-state index contributed by atoms with van der Waals surface area (Å²) in [4.78, 5) is 0. The Labute approximate surface area is 172 Å². The summed E-state index contributed by atoms with van der Waals surface area (Å²) in [5.41, 5.74) is 14.9. The van der Waals surface area contributed by atoms with Crippen LogP contribution in [0.15, 0.2) is 36.4 Å². The highest BCUT2D eigenvalue weighted by atomic mass is 16.3. The molecule has 0 radical (unpaired) electrons. The van der Waals surface area contributed by atoms with Gasteiger partial charge in [0.2, 0.25) is 0 Å². The van der Waals surface area contributed by atoms with Crippen molar-refractivity contribution in [2.75, 3.05) is 5.73 Å². The molecule has 1 aromatic heterocycles. The zero-order valence-corrected chi connectivity index (χ0v) is 17.5. The van der Waals surface area contributed by atoms with Gasteiger partial charge in [-0.3, -0.25) is 4.57 Å². The van der Waals surface area contributed by atoms with E-state index in [2.05, 4.69) is 25.0 Å². The molecule has 0 saturated heterocycles. The predicted molar refractivity (Wildman–Crippen MR) is 121 cm³/mol. The zero-order chi connectivity index (χ0) is 21.9. The lowest BCUT2D eigenvalue weighted by atomic mass is 10.1. The fourth-order valence-corrected chi connectivity index (χ4v) is 2.94. The second-order valence-electron chi connectivity index (χ2n) is 7.76. The van der Waals surface area contributed by atoms with Crippen LogP contribution in [0.4, 0.5) is 5.82 Å². The fourth-order valence-electron chi connectivity index (χ4n) is 2.94. The minimum Gasteiger partial charge on any atom is -0.508 e. The summed E-state index contributed by atoms with van der Waals surface area (Å²) in [6.07, 6.45) is 4.10. The number of hydrogen-bond donors (Lipinski definition) is 4. The Morgan fingerprint density at radius 2 is 2.00 bits per heavy atom. The summed E-state index contributed by atoms with van der Waals surface area (Å²) >= 11 is 0. The molecule has 2 aromatic rings. The molecule has 1 heterocycles. The quantitative estimate of drug-likeness (QED) is 0.601. The molecule has 0 aliphatic heterocycles. The number of allylic oxidation sites excluding steroid dienone is 2. The predicted octanol–water partition coefficient (Wildman–Crippen LogP) is 2.30. The highest BCUT2D eigenvalue weighted by Gasteiger charge is 2.15. The van der Waals surface area contributed by atoms with E-state index in [1.165, 1.54) is 0 Å². The molecule has 0 fully saturated rings. The fraction of sp³-hybridized carbons (Fsp3) is 0.250. The number of benzene rings is 1. The molecule has 0 unspecified atom stereocenters. The van der Waals surface area contributed by atoms with Crippen molar-refractivity contribution in [3.05, 3.63) is 58.1 Å². The summed E-state index contributed by atoms with van der Waals surface area (Å²) in [6.45, 7) is 15.2. The van der Waals surface area contributed by atoms with Crippen molar-refractivity contribution in [1.29, 1.82) is 0 Å². The Morgan fingerprint density at radius 3 is 2.59 bits per heavy atom. The number of nitrogens with zero attached hydrogens (tertiary/aromatic N) is 1. The normalized spacial score (nSPS) is 12.6. The van der Waals surface area contributed by atoms with Crippen molar-refractivity contribution in [3.8, 4) is 23.3 Å². The molecule has 0 spiro atoms. The van der Waals surface area contributed by atoms with Gasteiger partial charge in [-0.1, -0.05) is 31.1 Å². The molecular formula is C24H29N3O2. The van der Waals surface area contributed by atoms with E-state index in [1.807, 2.05) is 32.1 Å². The average molecular weight is 392 g/mol. The first-order valence-corrected chi connectivity index (χ1v) is 9.26. The number of phenolic OH excluding ortho intramolecular Hbond substituents is 1. The summed E-state index contributed by atoms with van der Waals surface area (Å²) in [6, 6.07) is 5.08. The number of aromatic nitrogens is 1. The lowest BCUT2D eigenvalue weighted by Crippen LogP contribution is -2.29. The highest BCUT2D eigenvalue weighted by Crippen LogP contribution is 2.23. The van der Waals surface area contributed by atoms with Crippen molar-refractivity contribution >= 4 is 24.2 Å². The molecule has 6 N–H and O–H groups in total. The monoisotopic (exact) mass is 391 g/mol. The second-order valence-corrected chi connectivity index (χ2v) is 7.76. The van der Waals surface area contributed by atoms with E-state index in [0.717, 1.165) is 22.2 Å². The summed E-state index contributed by atoms with van der Waals surface area (Å²) in [5, 5.41) is 21.1. The second kappa shape index (κ2) is 8.34. The van der Waals surface area contributed by atoms with Crippen molar-refractivity contribution < 1.29 is 10.2 Å². The van der Waals surface area contributed by atoms with Gasteiger partial charge in [0.05, 0.1) is 16.6 Å². The van der Waals surface area contributed by atoms with Crippen LogP contribution in [-0.2, 0) is 0 Å². The Balaban J connectivity index is 2.71. The van der Waals surface area contributed by atoms with E-state index in [9.17, 15) is 10.2 Å². The Bertz CT molecular complexity index is 1150. The first-order valence-electron chi connectivity index (χ1n) is 9.26. The Hall–Kier alpha value is -3.36. The topological polar surface area (TPSA) is 97.4 Å². The Kier molecular flexibility index (Phi) is 6.31. The number of rotatable bonds is 4. The number of phenols is 1. The number of aliphatic hydroxyl groups is 1. The van der Waals surface area contributed by atoms with Gasteiger partial charge in [0, 0.05) is 29.0 Å². The third-order valence-corrected chi connectivity index (χ3v) is 4.40. The van der Waals surface area contributed by atoms with E-state index in [-0.39, 0.29) is 5.75 Å². The lowest BCUT2D eigenvalue weighted by Gasteiger charge is -2.12. The molecule has 29 heavy (non-hydrogen) atoms. The van der Waals surface area contributed by atoms with Crippen LogP contribution in [0.3, 0.4) is 0 Å². The number of hydrogen-bond acceptors (Lipinski definition) is 4. The number of aromatic hydroxyl groups is 1. The standard InChI is InChI=1S/C24H29N3O2/c1-15(8-7-13-24(5,6)29)9-12-20-17(3)22(18(4)25)23(26)27(20)21-14-19(28)11-10-16(21)2/h9-12,14,28-29H,3-4,13,25-26H2,1-2,5-6H3/b15-9+,20-12+. The van der Waals surface area contributed by atoms with E-state index < -0.39 is 5.60 Å². The molecule has 152 valence electrons. The summed E-state index contributed by atoms with van der Waals surface area (Å²) in [5.74, 6) is 6.54. The van der Waals surface area contributed by atoms with Gasteiger partial charge in [-0.2, -0.15) is 0 Å². The van der Waals surface area contributed by atoms with Gasteiger partial charge in [0.15, 0.2) is 0 Å². The van der Waals surface area contributed by atoms with Crippen LogP contribution in [0.25, 0.3) is 24.0 Å². The largest absolute Gasteiger partial charge is 0.508 e. The maximum Gasteiger partial charge on any atom is 0.118 e. The number of nitrogen functional groups attached to an aromatic ring is 1. The van der Waals surface area contributed by atoms with Crippen molar-refractivity contribution in [3.63, 3.8) is 0 Å². The van der Waals surface area contributed by atoms with E-state index >= 15 is 0 Å². The number of anilines is 1. The van der Waals surface area contributed by atoms with Gasteiger partial charge in [-0.05, 0) is 57.0 Å². The molecule has 0 saturated carbocycles. The maximum atomic E-state index is 9.97. The molecule has 0 aliphatic carbocycles. The molecular weight excluding hydrogens is 362 g/mol. The Morgan fingerprint density at radius 1 is 1.34 bits per heavy atom. The molecule has 5 heteroatoms. The third-order valence-electron chi connectivity index (χ3n) is 4.40. The molecule has 0 bridgehead atoms. The van der Waals surface area contributed by atoms with Crippen molar-refractivity contribution in [2.45, 2.75) is 39.7 Å². The highest BCUT2D eigenvalue weighted by molar-refractivity contribution is 5.74. The van der Waals surface area contributed by atoms with Gasteiger partial charge in [-0.15, -0.1) is 0 Å². The van der Waals surface area contributed by atoms with Crippen LogP contribution in [-0.4, -0.2) is 20.4 Å². The van der Waals surface area contributed by atoms with Crippen LogP contribution in [0.5, 0.6) is 5.75 Å². The minimum absolute atomic E-state index is 0.132. The smallest absolute Gasteiger partial charge is 0.118 e. The van der Waals surface area contributed by atoms with Crippen LogP contribution < -0.4 is 22.0 Å². The van der Waals surface area contributed by atoms with E-state index in [4.69, 9.17) is 11.5 Å². The minimum atomic E-state index is -0.829. The van der Waals surface area contributed by atoms with Crippen LogP contribution >= 0.6 is 0 Å². The van der Waals surface area contributed by atoms with Crippen LogP contribution in [0.1, 0.15) is 38.3 Å². The lowest BCUT2D eigenvalue weighted by molar-refractivity contribution is 0.0862. The average Bonchev–Trinajstić information content (AvgIpc) is 2.84. The number of aryl methyl sites for hydroxylation is 1. The SMILES string of the molecule is C=C(N)c1c(N)n(-c2cc(O)ccc2C)/c(=C/C=C(\C)C#CCC(C)(C)O)c1=C. The van der Waals surface area contributed by atoms with Crippen LogP contribution in [0, 0.1) is 18.8 Å². The van der Waals surface area contributed by atoms with Gasteiger partial charge in [0.25, 0.3) is 0 Å². The van der Waals surface area contributed by atoms with Gasteiger partial charge >= 0.3 is 0 Å². The van der Waals surface area contributed by atoms with Crippen molar-refractivity contribution in [1.82, 2.24) is 4.57 Å². The maximum absolute atomic E-state index is 9.97. The molecule has 0 aliphatic rings. The third kappa shape index (κ3) is 5.13. The van der Waals surface area contributed by atoms with Crippen LogP contribution in [0.2, 0.25) is 0 Å². The molecule has 1 aromatic carbocycles. The number of nitrogens with two attached hydrogens (primary N) is 2. The van der Waals surface area contributed by atoms with Gasteiger partial charge in [-0.25, -0.2) is 0 Å². The first-order chi connectivity index (χ1) is 13.4. The summed E-state index contributed by atoms with van der Waals surface area (Å²) < 4.78 is 1.80. The molecule has 0 atom stereocenters. The van der Waals surface area contributed by atoms with Gasteiger partial charge in [0.1, 0.15) is 11.6 Å². The van der Waals surface area contributed by atoms with Crippen molar-refractivity contribution in [2.24, 2.45) is 5.73 Å². The van der Waals surface area contributed by atoms with E-state index in [0.29, 0.717) is 28.7 Å². The molecule has 2 rings (SSSR count). The van der Waals surface area contributed by atoms with E-state index in [1.54, 1.807) is 30.5 Å². The zero-order valence-electron chi connectivity index (χ0n) is 17.5. The molecule has 0 amide bonds. The first kappa shape index (κ1) is 21.9. The molecule has 5 nitrogen and oxygen atoms in total. The summed E-state index contributed by atoms with van der Waals surface area (Å²) in [7, 11) is 0. The van der Waals surface area contributed by atoms with Gasteiger partial charge < -0.3 is 21.7 Å².